The van der Waals surface area contributed by atoms with Crippen molar-refractivity contribution in [2.75, 3.05) is 18.5 Å². The fraction of sp³-hybridized carbons (Fsp3) is 0.429. The number of nitrogens with one attached hydrogen (secondary N) is 2. The number of anilines is 1. The molecule has 0 fully saturated rings. The molecule has 1 aromatic rings. The van der Waals surface area contributed by atoms with E-state index in [1.165, 1.54) is 24.5 Å². The zero-order chi connectivity index (χ0) is 20.1. The number of halogens is 6. The van der Waals surface area contributed by atoms with Crippen molar-refractivity contribution >= 4 is 17.7 Å². The zero-order valence-electron chi connectivity index (χ0n) is 13.5. The minimum absolute atomic E-state index is 0.331. The summed E-state index contributed by atoms with van der Waals surface area (Å²) in [6.07, 6.45) is -7.27. The molecule has 1 amide bonds. The third kappa shape index (κ3) is 4.29. The summed E-state index contributed by atoms with van der Waals surface area (Å²) in [4.78, 5) is 23.5. The normalized spacial score (nSPS) is 13.5. The van der Waals surface area contributed by atoms with Crippen LogP contribution in [0.4, 0.5) is 36.8 Å². The summed E-state index contributed by atoms with van der Waals surface area (Å²) >= 11 is 0. The molecule has 146 valence electrons. The topological polar surface area (TPSA) is 76.7 Å². The van der Waals surface area contributed by atoms with Gasteiger partial charge in [0.05, 0.1) is 18.9 Å². The van der Waals surface area contributed by atoms with Crippen molar-refractivity contribution in [2.45, 2.75) is 25.7 Å². The number of ether oxygens (including phenoxy) is 2. The van der Waals surface area contributed by atoms with Crippen LogP contribution in [0, 0.1) is 17.5 Å². The van der Waals surface area contributed by atoms with Crippen LogP contribution in [0.25, 0.3) is 0 Å². The first-order valence-electron chi connectivity index (χ1n) is 7.10. The van der Waals surface area contributed by atoms with E-state index in [4.69, 9.17) is 0 Å². The van der Waals surface area contributed by atoms with E-state index >= 15 is 0 Å². The Kier molecular flexibility index (Phi) is 6.70. The number of esters is 1. The summed E-state index contributed by atoms with van der Waals surface area (Å²) in [5, 5.41) is 2.56. The van der Waals surface area contributed by atoms with Gasteiger partial charge in [-0.1, -0.05) is 0 Å². The van der Waals surface area contributed by atoms with E-state index in [2.05, 4.69) is 9.47 Å². The standard InChI is InChI=1S/C14H14F6N2O4/c1-3-25-11(23)13(14(18,19)20,22-12(24)26-4-2)21-8-6-5-7(15)9(16)10(8)17/h5-6,21H,3-4H2,1-2H3,(H,22,24)/t13-/m0/s1. The Bertz CT molecular complexity index is 682. The molecule has 6 nitrogen and oxygen atoms in total. The summed E-state index contributed by atoms with van der Waals surface area (Å²) in [6, 6.07) is 0.748. The maximum Gasteiger partial charge on any atom is 0.442 e. The fourth-order valence-corrected chi connectivity index (χ4v) is 1.77. The van der Waals surface area contributed by atoms with Gasteiger partial charge in [0.15, 0.2) is 17.5 Å². The van der Waals surface area contributed by atoms with Gasteiger partial charge in [0.2, 0.25) is 0 Å². The Hall–Kier alpha value is -2.66. The average molecular weight is 388 g/mol. The molecule has 26 heavy (non-hydrogen) atoms. The predicted molar refractivity (Wildman–Crippen MR) is 75.5 cm³/mol. The van der Waals surface area contributed by atoms with Crippen LogP contribution in [-0.2, 0) is 14.3 Å². The lowest BCUT2D eigenvalue weighted by Crippen LogP contribution is -2.69. The Morgan fingerprint density at radius 2 is 1.58 bits per heavy atom. The summed E-state index contributed by atoms with van der Waals surface area (Å²) in [5.41, 5.74) is -5.26. The first kappa shape index (κ1) is 21.4. The molecule has 0 saturated heterocycles. The van der Waals surface area contributed by atoms with Crippen LogP contribution < -0.4 is 10.6 Å². The molecule has 0 aliphatic rings. The SMILES string of the molecule is CCOC(=O)N[C@@](Nc1ccc(F)c(F)c1F)(C(=O)OCC)C(F)(F)F. The summed E-state index contributed by atoms with van der Waals surface area (Å²) in [7, 11) is 0. The number of hydrogen-bond acceptors (Lipinski definition) is 5. The molecule has 1 aromatic carbocycles. The molecule has 1 atom stereocenters. The quantitative estimate of drug-likeness (QED) is 0.339. The van der Waals surface area contributed by atoms with Crippen molar-refractivity contribution in [2.24, 2.45) is 0 Å². The van der Waals surface area contributed by atoms with Gasteiger partial charge in [0.1, 0.15) is 0 Å². The van der Waals surface area contributed by atoms with E-state index in [-0.39, 0.29) is 6.61 Å². The predicted octanol–water partition coefficient (Wildman–Crippen LogP) is 3.08. The minimum atomic E-state index is -5.58. The molecule has 0 saturated carbocycles. The first-order chi connectivity index (χ1) is 12.0. The molecule has 0 spiro atoms. The lowest BCUT2D eigenvalue weighted by Gasteiger charge is -2.34. The smallest absolute Gasteiger partial charge is 0.442 e. The maximum atomic E-state index is 13.8. The average Bonchev–Trinajstić information content (AvgIpc) is 2.53. The highest BCUT2D eigenvalue weighted by atomic mass is 19.4. The van der Waals surface area contributed by atoms with Gasteiger partial charge >= 0.3 is 23.9 Å². The number of carbonyl (C=O) groups excluding carboxylic acids is 2. The summed E-state index contributed by atoms with van der Waals surface area (Å²) in [6.45, 7) is 1.59. The molecule has 0 radical (unpaired) electrons. The van der Waals surface area contributed by atoms with Gasteiger partial charge in [-0.25, -0.2) is 22.8 Å². The molecule has 0 unspecified atom stereocenters. The van der Waals surface area contributed by atoms with E-state index in [1.807, 2.05) is 0 Å². The van der Waals surface area contributed by atoms with E-state index in [1.54, 1.807) is 0 Å². The minimum Gasteiger partial charge on any atom is -0.463 e. The molecule has 2 N–H and O–H groups in total. The summed E-state index contributed by atoms with van der Waals surface area (Å²) in [5.74, 6) is -7.84. The van der Waals surface area contributed by atoms with E-state index in [0.717, 1.165) is 0 Å². The van der Waals surface area contributed by atoms with Crippen molar-refractivity contribution < 1.29 is 45.4 Å². The van der Waals surface area contributed by atoms with Gasteiger partial charge in [0.25, 0.3) is 0 Å². The Morgan fingerprint density at radius 1 is 1.00 bits per heavy atom. The van der Waals surface area contributed by atoms with Crippen LogP contribution in [-0.4, -0.2) is 37.1 Å². The van der Waals surface area contributed by atoms with Gasteiger partial charge in [-0.15, -0.1) is 0 Å². The van der Waals surface area contributed by atoms with Gasteiger partial charge in [-0.05, 0) is 26.0 Å². The fourth-order valence-electron chi connectivity index (χ4n) is 1.77. The second-order valence-electron chi connectivity index (χ2n) is 4.66. The number of carbonyl (C=O) groups is 2. The molecular weight excluding hydrogens is 374 g/mol. The van der Waals surface area contributed by atoms with Crippen molar-refractivity contribution in [3.63, 3.8) is 0 Å². The molecular formula is C14H14F6N2O4. The molecule has 0 aromatic heterocycles. The molecule has 0 heterocycles. The Morgan fingerprint density at radius 3 is 2.08 bits per heavy atom. The number of alkyl halides is 3. The number of hydrogen-bond donors (Lipinski definition) is 2. The van der Waals surface area contributed by atoms with Gasteiger partial charge < -0.3 is 14.8 Å². The molecule has 0 aliphatic carbocycles. The number of rotatable bonds is 6. The van der Waals surface area contributed by atoms with Crippen molar-refractivity contribution in [3.8, 4) is 0 Å². The van der Waals surface area contributed by atoms with Crippen molar-refractivity contribution in [3.05, 3.63) is 29.6 Å². The highest BCUT2D eigenvalue weighted by Gasteiger charge is 2.64. The van der Waals surface area contributed by atoms with Crippen LogP contribution in [0.5, 0.6) is 0 Å². The first-order valence-corrected chi connectivity index (χ1v) is 7.10. The van der Waals surface area contributed by atoms with Crippen LogP contribution in [0.2, 0.25) is 0 Å². The largest absolute Gasteiger partial charge is 0.463 e. The zero-order valence-corrected chi connectivity index (χ0v) is 13.5. The Labute approximate surface area is 143 Å². The molecule has 1 rings (SSSR count). The number of amides is 1. The molecule has 12 heteroatoms. The van der Waals surface area contributed by atoms with Crippen LogP contribution >= 0.6 is 0 Å². The Balaban J connectivity index is 3.49. The van der Waals surface area contributed by atoms with Gasteiger partial charge in [-0.2, -0.15) is 13.2 Å². The van der Waals surface area contributed by atoms with E-state index < -0.39 is 53.6 Å². The van der Waals surface area contributed by atoms with Gasteiger partial charge in [0, 0.05) is 0 Å². The second kappa shape index (κ2) is 8.15. The molecule has 0 bridgehead atoms. The van der Waals surface area contributed by atoms with E-state index in [0.29, 0.717) is 12.1 Å². The lowest BCUT2D eigenvalue weighted by atomic mass is 10.1. The lowest BCUT2D eigenvalue weighted by molar-refractivity contribution is -0.205. The third-order valence-corrected chi connectivity index (χ3v) is 2.93. The highest BCUT2D eigenvalue weighted by molar-refractivity contribution is 5.89. The van der Waals surface area contributed by atoms with Crippen molar-refractivity contribution in [1.82, 2.24) is 5.32 Å². The highest BCUT2D eigenvalue weighted by Crippen LogP contribution is 2.34. The number of benzene rings is 1. The van der Waals surface area contributed by atoms with Crippen LogP contribution in [0.3, 0.4) is 0 Å². The van der Waals surface area contributed by atoms with Gasteiger partial charge in [-0.3, -0.25) is 5.32 Å². The third-order valence-electron chi connectivity index (χ3n) is 2.93. The van der Waals surface area contributed by atoms with Crippen LogP contribution in [0.1, 0.15) is 13.8 Å². The van der Waals surface area contributed by atoms with E-state index in [9.17, 15) is 35.9 Å². The van der Waals surface area contributed by atoms with Crippen molar-refractivity contribution in [1.29, 1.82) is 0 Å². The number of alkyl carbamates (subject to hydrolysis) is 1. The van der Waals surface area contributed by atoms with Crippen LogP contribution in [0.15, 0.2) is 12.1 Å². The maximum absolute atomic E-state index is 13.8. The second-order valence-corrected chi connectivity index (χ2v) is 4.66. The summed E-state index contributed by atoms with van der Waals surface area (Å²) < 4.78 is 89.5. The molecule has 0 aliphatic heterocycles. The monoisotopic (exact) mass is 388 g/mol.